The van der Waals surface area contributed by atoms with Crippen LogP contribution in [0.3, 0.4) is 0 Å². The molecule has 20 heavy (non-hydrogen) atoms. The van der Waals surface area contributed by atoms with E-state index in [-0.39, 0.29) is 23.1 Å². The van der Waals surface area contributed by atoms with Gasteiger partial charge in [0.2, 0.25) is 0 Å². The van der Waals surface area contributed by atoms with Crippen molar-refractivity contribution in [2.75, 3.05) is 0 Å². The summed E-state index contributed by atoms with van der Waals surface area (Å²) in [5.41, 5.74) is 1.78. The third kappa shape index (κ3) is 2.08. The number of ether oxygens (including phenoxy) is 1. The van der Waals surface area contributed by atoms with Gasteiger partial charge >= 0.3 is 0 Å². The molecule has 0 unspecified atom stereocenters. The van der Waals surface area contributed by atoms with Crippen LogP contribution in [0.1, 0.15) is 30.7 Å². The highest BCUT2D eigenvalue weighted by molar-refractivity contribution is 5.97. The number of non-ortho nitro benzene ring substituents is 1. The Balaban J connectivity index is 1.96. The van der Waals surface area contributed by atoms with Crippen LogP contribution in [0, 0.1) is 10.1 Å². The number of hydrogen-bond acceptors (Lipinski definition) is 5. The van der Waals surface area contributed by atoms with Gasteiger partial charge in [0.15, 0.2) is 17.8 Å². The molecule has 0 bridgehead atoms. The molecule has 0 spiro atoms. The topological polar surface area (TPSA) is 89.7 Å². The van der Waals surface area contributed by atoms with E-state index in [4.69, 9.17) is 4.74 Å². The molecule has 0 aromatic heterocycles. The summed E-state index contributed by atoms with van der Waals surface area (Å²) in [4.78, 5) is 21.9. The van der Waals surface area contributed by atoms with Gasteiger partial charge in [0.1, 0.15) is 0 Å². The van der Waals surface area contributed by atoms with Gasteiger partial charge in [-0.1, -0.05) is 12.1 Å². The van der Waals surface area contributed by atoms with Crippen LogP contribution in [0.15, 0.2) is 35.6 Å². The molecule has 1 N–H and O–H groups in total. The first-order valence-corrected chi connectivity index (χ1v) is 6.41. The Hall–Kier alpha value is -2.21. The Bertz CT molecular complexity index is 604. The van der Waals surface area contributed by atoms with Crippen LogP contribution in [0.4, 0.5) is 5.69 Å². The number of nitro groups is 1. The molecule has 1 aliphatic carbocycles. The van der Waals surface area contributed by atoms with E-state index in [0.29, 0.717) is 19.3 Å². The third-order valence-electron chi connectivity index (χ3n) is 3.78. The molecule has 3 rings (SSSR count). The van der Waals surface area contributed by atoms with Gasteiger partial charge in [-0.3, -0.25) is 14.9 Å². The average Bonchev–Trinajstić information content (AvgIpc) is 2.80. The van der Waals surface area contributed by atoms with E-state index in [2.05, 4.69) is 0 Å². The second kappa shape index (κ2) is 4.72. The van der Waals surface area contributed by atoms with E-state index >= 15 is 0 Å². The molecule has 6 heteroatoms. The monoisotopic (exact) mass is 275 g/mol. The first kappa shape index (κ1) is 12.8. The number of hydrogen-bond donors (Lipinski definition) is 1. The molecule has 1 aromatic carbocycles. The van der Waals surface area contributed by atoms with Crippen LogP contribution >= 0.6 is 0 Å². The first-order chi connectivity index (χ1) is 9.56. The zero-order valence-corrected chi connectivity index (χ0v) is 10.6. The minimum Gasteiger partial charge on any atom is -0.461 e. The molecular weight excluding hydrogens is 262 g/mol. The maximum Gasteiger partial charge on any atom is 0.269 e. The number of ketones is 1. The molecule has 1 aliphatic heterocycles. The molecular formula is C14H13NO5. The van der Waals surface area contributed by atoms with Gasteiger partial charge in [-0.25, -0.2) is 0 Å². The van der Waals surface area contributed by atoms with Crippen LogP contribution < -0.4 is 0 Å². The van der Waals surface area contributed by atoms with E-state index in [1.807, 2.05) is 0 Å². The van der Waals surface area contributed by atoms with Gasteiger partial charge in [0, 0.05) is 30.9 Å². The van der Waals surface area contributed by atoms with E-state index < -0.39 is 11.2 Å². The summed E-state index contributed by atoms with van der Waals surface area (Å²) in [6.07, 6.45) is 0.392. The van der Waals surface area contributed by atoms with Crippen LogP contribution in [0.2, 0.25) is 0 Å². The molecule has 2 atom stereocenters. The van der Waals surface area contributed by atoms with E-state index in [1.54, 1.807) is 12.1 Å². The van der Waals surface area contributed by atoms with Crippen molar-refractivity contribution in [3.05, 3.63) is 51.3 Å². The van der Waals surface area contributed by atoms with Gasteiger partial charge in [0.25, 0.3) is 5.69 Å². The number of benzene rings is 1. The lowest BCUT2D eigenvalue weighted by atomic mass is 9.86. The summed E-state index contributed by atoms with van der Waals surface area (Å²) in [6.45, 7) is 0. The van der Waals surface area contributed by atoms with E-state index in [0.717, 1.165) is 11.1 Å². The number of carbonyl (C=O) groups excluding carboxylic acids is 1. The van der Waals surface area contributed by atoms with Crippen LogP contribution in [-0.2, 0) is 9.53 Å². The Morgan fingerprint density at radius 1 is 1.25 bits per heavy atom. The summed E-state index contributed by atoms with van der Waals surface area (Å²) in [7, 11) is 0. The smallest absolute Gasteiger partial charge is 0.269 e. The average molecular weight is 275 g/mol. The highest BCUT2D eigenvalue weighted by Crippen LogP contribution is 2.43. The fraction of sp³-hybridized carbons (Fsp3) is 0.357. The van der Waals surface area contributed by atoms with Crippen molar-refractivity contribution in [3.8, 4) is 0 Å². The van der Waals surface area contributed by atoms with Crippen molar-refractivity contribution in [1.29, 1.82) is 0 Å². The normalized spacial score (nSPS) is 25.4. The number of allylic oxidation sites excluding steroid dienone is 2. The number of nitrogens with zero attached hydrogens (tertiary/aromatic N) is 1. The van der Waals surface area contributed by atoms with Gasteiger partial charge in [-0.2, -0.15) is 0 Å². The molecule has 1 aromatic rings. The van der Waals surface area contributed by atoms with Crippen molar-refractivity contribution in [3.63, 3.8) is 0 Å². The summed E-state index contributed by atoms with van der Waals surface area (Å²) in [6, 6.07) is 6.23. The number of Topliss-reactive ketones (excluding diaryl/α,β-unsaturated/α-hetero) is 1. The number of carbonyl (C=O) groups is 1. The number of rotatable bonds is 2. The van der Waals surface area contributed by atoms with Crippen molar-refractivity contribution >= 4 is 11.5 Å². The lowest BCUT2D eigenvalue weighted by Gasteiger charge is -2.28. The highest BCUT2D eigenvalue weighted by atomic mass is 16.6. The second-order valence-corrected chi connectivity index (χ2v) is 4.99. The van der Waals surface area contributed by atoms with Gasteiger partial charge in [-0.15, -0.1) is 0 Å². The lowest BCUT2D eigenvalue weighted by Crippen LogP contribution is -2.24. The summed E-state index contributed by atoms with van der Waals surface area (Å²) < 4.78 is 5.21. The Morgan fingerprint density at radius 3 is 2.60 bits per heavy atom. The summed E-state index contributed by atoms with van der Waals surface area (Å²) >= 11 is 0. The molecule has 6 nitrogen and oxygen atoms in total. The number of aliphatic hydroxyl groups excluding tert-OH is 1. The van der Waals surface area contributed by atoms with Crippen molar-refractivity contribution < 1.29 is 19.6 Å². The molecule has 0 fully saturated rings. The fourth-order valence-corrected chi connectivity index (χ4v) is 2.82. The fourth-order valence-electron chi connectivity index (χ4n) is 2.82. The predicted molar refractivity (Wildman–Crippen MR) is 68.8 cm³/mol. The maximum atomic E-state index is 11.7. The molecule has 0 radical (unpaired) electrons. The number of nitro benzene ring substituents is 1. The largest absolute Gasteiger partial charge is 0.461 e. The second-order valence-electron chi connectivity index (χ2n) is 4.99. The van der Waals surface area contributed by atoms with Gasteiger partial charge < -0.3 is 9.84 Å². The van der Waals surface area contributed by atoms with Crippen LogP contribution in [0.5, 0.6) is 0 Å². The zero-order valence-electron chi connectivity index (χ0n) is 10.6. The van der Waals surface area contributed by atoms with E-state index in [1.165, 1.54) is 12.1 Å². The number of aliphatic hydroxyl groups is 1. The van der Waals surface area contributed by atoms with E-state index in [9.17, 15) is 20.0 Å². The SMILES string of the molecule is O=C1CCC2=C1O[C@H](O)C[C@H]2c1ccc([N+](=O)[O-])cc1. The third-order valence-corrected chi connectivity index (χ3v) is 3.78. The molecule has 0 saturated carbocycles. The Kier molecular flexibility index (Phi) is 3.02. The summed E-state index contributed by atoms with van der Waals surface area (Å²) in [5.74, 6) is 0.0961. The van der Waals surface area contributed by atoms with Crippen molar-refractivity contribution in [2.45, 2.75) is 31.5 Å². The minimum atomic E-state index is -1.00. The van der Waals surface area contributed by atoms with Crippen molar-refractivity contribution in [1.82, 2.24) is 0 Å². The molecule has 0 amide bonds. The van der Waals surface area contributed by atoms with Gasteiger partial charge in [0.05, 0.1) is 4.92 Å². The van der Waals surface area contributed by atoms with Gasteiger partial charge in [-0.05, 0) is 17.6 Å². The lowest BCUT2D eigenvalue weighted by molar-refractivity contribution is -0.384. The maximum absolute atomic E-state index is 11.7. The highest BCUT2D eigenvalue weighted by Gasteiger charge is 2.37. The molecule has 2 aliphatic rings. The predicted octanol–water partition coefficient (Wildman–Crippen LogP) is 2.03. The molecule has 104 valence electrons. The quantitative estimate of drug-likeness (QED) is 0.659. The molecule has 0 saturated heterocycles. The minimum absolute atomic E-state index is 0.0260. The van der Waals surface area contributed by atoms with Crippen LogP contribution in [-0.4, -0.2) is 22.1 Å². The first-order valence-electron chi connectivity index (χ1n) is 6.41. The zero-order chi connectivity index (χ0) is 14.3. The van der Waals surface area contributed by atoms with Crippen molar-refractivity contribution in [2.24, 2.45) is 0 Å². The Morgan fingerprint density at radius 2 is 1.95 bits per heavy atom. The Labute approximate surface area is 114 Å². The van der Waals surface area contributed by atoms with Crippen LogP contribution in [0.25, 0.3) is 0 Å². The standard InChI is InChI=1S/C14H13NO5/c16-12-6-5-10-11(7-13(17)20-14(10)12)8-1-3-9(4-2-8)15(18)19/h1-4,11,13,17H,5-7H2/t11-,13-/m0/s1. The molecule has 1 heterocycles. The summed E-state index contributed by atoms with van der Waals surface area (Å²) in [5, 5.41) is 20.4.